The maximum absolute atomic E-state index is 12.5. The summed E-state index contributed by atoms with van der Waals surface area (Å²) < 4.78 is 39.8. The third kappa shape index (κ3) is 3.55. The Morgan fingerprint density at radius 1 is 1.42 bits per heavy atom. The van der Waals surface area contributed by atoms with E-state index in [0.717, 1.165) is 4.90 Å². The van der Waals surface area contributed by atoms with Gasteiger partial charge in [0.1, 0.15) is 11.8 Å². The molecule has 2 aliphatic rings. The first-order chi connectivity index (χ1) is 12.2. The van der Waals surface area contributed by atoms with Crippen LogP contribution in [0.5, 0.6) is 0 Å². The summed E-state index contributed by atoms with van der Waals surface area (Å²) in [5.41, 5.74) is 0. The van der Waals surface area contributed by atoms with Crippen molar-refractivity contribution in [3.05, 3.63) is 24.2 Å². The minimum atomic E-state index is -4.88. The molecule has 3 N–H and O–H groups in total. The summed E-state index contributed by atoms with van der Waals surface area (Å²) in [7, 11) is -4.88. The van der Waals surface area contributed by atoms with Crippen LogP contribution >= 0.6 is 0 Å². The predicted molar refractivity (Wildman–Crippen MR) is 81.8 cm³/mol. The molecular formula is C13H16N4O8S. The number of rotatable bonds is 5. The van der Waals surface area contributed by atoms with E-state index in [1.807, 2.05) is 0 Å². The van der Waals surface area contributed by atoms with Crippen molar-refractivity contribution >= 4 is 28.2 Å². The van der Waals surface area contributed by atoms with Crippen LogP contribution in [0.1, 0.15) is 18.6 Å². The van der Waals surface area contributed by atoms with Crippen LogP contribution in [-0.4, -0.2) is 64.4 Å². The van der Waals surface area contributed by atoms with Crippen molar-refractivity contribution in [3.8, 4) is 0 Å². The average molecular weight is 388 g/mol. The Balaban J connectivity index is 1.69. The lowest BCUT2D eigenvalue weighted by Gasteiger charge is -2.31. The summed E-state index contributed by atoms with van der Waals surface area (Å²) in [6, 6.07) is 0.544. The molecule has 13 heteroatoms. The topological polar surface area (TPSA) is 164 Å². The lowest BCUT2D eigenvalue weighted by atomic mass is 10.00. The largest absolute Gasteiger partial charge is 0.469 e. The fraction of sp³-hybridized carbons (Fsp3) is 0.462. The van der Waals surface area contributed by atoms with Crippen molar-refractivity contribution in [1.82, 2.24) is 15.0 Å². The molecule has 4 amide bonds. The molecule has 2 bridgehead atoms. The van der Waals surface area contributed by atoms with Crippen molar-refractivity contribution in [2.24, 2.45) is 5.84 Å². The third-order valence-corrected chi connectivity index (χ3v) is 4.54. The lowest BCUT2D eigenvalue weighted by Crippen LogP contribution is -2.55. The zero-order valence-electron chi connectivity index (χ0n) is 13.3. The molecule has 2 fully saturated rings. The minimum Gasteiger partial charge on any atom is -0.469 e. The molecule has 0 aliphatic carbocycles. The van der Waals surface area contributed by atoms with Crippen LogP contribution in [-0.2, 0) is 30.7 Å². The number of imide groups is 1. The van der Waals surface area contributed by atoms with Crippen molar-refractivity contribution in [2.75, 3.05) is 6.54 Å². The van der Waals surface area contributed by atoms with Gasteiger partial charge in [0.25, 0.3) is 11.8 Å². The first-order valence-corrected chi connectivity index (χ1v) is 8.94. The van der Waals surface area contributed by atoms with Crippen LogP contribution in [0.25, 0.3) is 0 Å². The van der Waals surface area contributed by atoms with Gasteiger partial charge in [-0.05, 0) is 25.0 Å². The molecule has 0 radical (unpaired) electrons. The molecule has 0 saturated carbocycles. The number of piperidine rings is 1. The number of carbonyl (C=O) groups is 3. The Hall–Kier alpha value is -2.48. The number of hydrazine groups is 1. The second-order valence-electron chi connectivity index (χ2n) is 5.87. The highest BCUT2D eigenvalue weighted by molar-refractivity contribution is 7.80. The van der Waals surface area contributed by atoms with Crippen molar-refractivity contribution in [1.29, 1.82) is 0 Å². The Morgan fingerprint density at radius 3 is 2.77 bits per heavy atom. The number of hydroxylamine groups is 2. The number of hydrogen-bond acceptors (Lipinski definition) is 8. The fourth-order valence-electron chi connectivity index (χ4n) is 3.02. The quantitative estimate of drug-likeness (QED) is 0.280. The summed E-state index contributed by atoms with van der Waals surface area (Å²) in [4.78, 5) is 37.9. The van der Waals surface area contributed by atoms with E-state index in [9.17, 15) is 22.8 Å². The highest BCUT2D eigenvalue weighted by Crippen LogP contribution is 2.31. The van der Waals surface area contributed by atoms with Gasteiger partial charge in [0, 0.05) is 6.54 Å². The van der Waals surface area contributed by atoms with E-state index in [4.69, 9.17) is 14.8 Å². The number of carbonyl (C=O) groups excluding carboxylic acids is 3. The Kier molecular flexibility index (Phi) is 4.70. The Bertz CT molecular complexity index is 823. The SMILES string of the molecule is NN(C(=O)Cc1ccco1)C(=O)C1CCC2CN1C(=O)N2OS(=O)(=O)O. The zero-order valence-corrected chi connectivity index (χ0v) is 14.2. The first-order valence-electron chi connectivity index (χ1n) is 7.58. The van der Waals surface area contributed by atoms with Gasteiger partial charge in [-0.3, -0.25) is 14.1 Å². The number of furan rings is 1. The lowest BCUT2D eigenvalue weighted by molar-refractivity contribution is -0.148. The van der Waals surface area contributed by atoms with Gasteiger partial charge < -0.3 is 9.32 Å². The maximum atomic E-state index is 12.5. The van der Waals surface area contributed by atoms with Gasteiger partial charge in [0.2, 0.25) is 0 Å². The van der Waals surface area contributed by atoms with Gasteiger partial charge in [-0.1, -0.05) is 0 Å². The van der Waals surface area contributed by atoms with Crippen molar-refractivity contribution in [2.45, 2.75) is 31.3 Å². The zero-order chi connectivity index (χ0) is 19.1. The van der Waals surface area contributed by atoms with E-state index in [2.05, 4.69) is 4.28 Å². The molecule has 2 aliphatic heterocycles. The number of amides is 4. The van der Waals surface area contributed by atoms with Gasteiger partial charge in [-0.2, -0.15) is 13.5 Å². The summed E-state index contributed by atoms with van der Waals surface area (Å²) in [6.45, 7) is 0.00493. The molecular weight excluding hydrogens is 372 g/mol. The number of urea groups is 1. The second kappa shape index (κ2) is 6.68. The molecule has 1 aromatic heterocycles. The van der Waals surface area contributed by atoms with Crippen LogP contribution in [0, 0.1) is 0 Å². The van der Waals surface area contributed by atoms with E-state index < -0.39 is 40.3 Å². The predicted octanol–water partition coefficient (Wildman–Crippen LogP) is -0.946. The van der Waals surface area contributed by atoms with E-state index in [0.29, 0.717) is 15.8 Å². The van der Waals surface area contributed by atoms with Crippen LogP contribution in [0.2, 0.25) is 0 Å². The fourth-order valence-corrected chi connectivity index (χ4v) is 3.41. The van der Waals surface area contributed by atoms with E-state index in [-0.39, 0.29) is 25.8 Å². The minimum absolute atomic E-state index is 0.00493. The number of nitrogens with two attached hydrogens (primary N) is 1. The molecule has 3 heterocycles. The Labute approximate surface area is 147 Å². The standard InChI is InChI=1S/C13H16N4O8S/c14-16(11(18)6-9-2-1-5-24-9)12(19)10-4-3-8-7-15(10)13(20)17(8)25-26(21,22)23/h1-2,5,8,10H,3-4,6-7,14H2,(H,21,22,23). The van der Waals surface area contributed by atoms with Crippen molar-refractivity contribution in [3.63, 3.8) is 0 Å². The molecule has 26 heavy (non-hydrogen) atoms. The second-order valence-corrected chi connectivity index (χ2v) is 6.87. The van der Waals surface area contributed by atoms with E-state index in [1.54, 1.807) is 12.1 Å². The van der Waals surface area contributed by atoms with Gasteiger partial charge >= 0.3 is 16.4 Å². The van der Waals surface area contributed by atoms with Crippen LogP contribution in [0.15, 0.2) is 22.8 Å². The molecule has 0 aromatic carbocycles. The van der Waals surface area contributed by atoms with Crippen molar-refractivity contribution < 1.29 is 36.1 Å². The molecule has 2 atom stereocenters. The highest BCUT2D eigenvalue weighted by Gasteiger charge is 2.50. The van der Waals surface area contributed by atoms with E-state index in [1.165, 1.54) is 6.26 Å². The summed E-state index contributed by atoms with van der Waals surface area (Å²) >= 11 is 0. The average Bonchev–Trinajstić information content (AvgIpc) is 3.16. The summed E-state index contributed by atoms with van der Waals surface area (Å²) in [5, 5.41) is 0.932. The maximum Gasteiger partial charge on any atom is 0.418 e. The molecule has 12 nitrogen and oxygen atoms in total. The summed E-state index contributed by atoms with van der Waals surface area (Å²) in [5.74, 6) is 4.40. The molecule has 2 unspecified atom stereocenters. The van der Waals surface area contributed by atoms with Gasteiger partial charge in [-0.15, -0.1) is 4.28 Å². The van der Waals surface area contributed by atoms with Gasteiger partial charge in [-0.25, -0.2) is 15.6 Å². The van der Waals surface area contributed by atoms with Gasteiger partial charge in [0.15, 0.2) is 0 Å². The molecule has 1 aromatic rings. The van der Waals surface area contributed by atoms with Crippen LogP contribution < -0.4 is 5.84 Å². The van der Waals surface area contributed by atoms with Gasteiger partial charge in [0.05, 0.1) is 18.7 Å². The number of nitrogens with zero attached hydrogens (tertiary/aromatic N) is 3. The third-order valence-electron chi connectivity index (χ3n) is 4.19. The van der Waals surface area contributed by atoms with E-state index >= 15 is 0 Å². The van der Waals surface area contributed by atoms with Crippen LogP contribution in [0.4, 0.5) is 4.79 Å². The molecule has 0 spiro atoms. The normalized spacial score (nSPS) is 22.6. The smallest absolute Gasteiger partial charge is 0.418 e. The molecule has 142 valence electrons. The monoisotopic (exact) mass is 388 g/mol. The Morgan fingerprint density at radius 2 is 2.15 bits per heavy atom. The highest BCUT2D eigenvalue weighted by atomic mass is 32.3. The first kappa shape index (κ1) is 18.3. The number of fused-ring (bicyclic) bond motifs is 2. The molecule has 2 saturated heterocycles. The summed E-state index contributed by atoms with van der Waals surface area (Å²) in [6.07, 6.45) is 1.53. The number of hydrogen-bond donors (Lipinski definition) is 2. The molecule has 3 rings (SSSR count). The van der Waals surface area contributed by atoms with Crippen LogP contribution in [0.3, 0.4) is 0 Å².